The predicted molar refractivity (Wildman–Crippen MR) is 209 cm³/mol. The molecule has 58 heavy (non-hydrogen) atoms. The number of carbonyl (C=O) groups excluding carboxylic acids is 3. The summed E-state index contributed by atoms with van der Waals surface area (Å²) in [4.78, 5) is 35.1. The quantitative estimate of drug-likeness (QED) is 0.0388. The van der Waals surface area contributed by atoms with Crippen LogP contribution in [-0.2, 0) is 66.5 Å². The van der Waals surface area contributed by atoms with Crippen molar-refractivity contribution in [1.82, 2.24) is 16.0 Å². The molecule has 340 valence electrons. The second kappa shape index (κ2) is 37.9. The summed E-state index contributed by atoms with van der Waals surface area (Å²) in [6.45, 7) is 9.20. The van der Waals surface area contributed by atoms with Crippen LogP contribution in [0.15, 0.2) is 0 Å². The molecule has 5 unspecified atom stereocenters. The van der Waals surface area contributed by atoms with Gasteiger partial charge in [-0.25, -0.2) is 0 Å². The molecule has 0 spiro atoms. The van der Waals surface area contributed by atoms with Crippen molar-refractivity contribution < 1.29 is 76.7 Å². The average Bonchev–Trinajstić information content (AvgIpc) is 3.21. The van der Waals surface area contributed by atoms with Crippen molar-refractivity contribution in [1.29, 1.82) is 0 Å². The third-order valence-corrected chi connectivity index (χ3v) is 8.88. The van der Waals surface area contributed by atoms with Crippen LogP contribution in [0.2, 0.25) is 0 Å². The summed E-state index contributed by atoms with van der Waals surface area (Å²) in [7, 11) is 0. The maximum absolute atomic E-state index is 12.1. The molecule has 2 aliphatic heterocycles. The van der Waals surface area contributed by atoms with Gasteiger partial charge < -0.3 is 78.3 Å². The maximum atomic E-state index is 12.1. The van der Waals surface area contributed by atoms with Gasteiger partial charge in [-0.1, -0.05) is 0 Å². The number of amides is 3. The van der Waals surface area contributed by atoms with Crippen LogP contribution in [0, 0.1) is 0 Å². The lowest BCUT2D eigenvalue weighted by atomic mass is 10.1. The highest BCUT2D eigenvalue weighted by Crippen LogP contribution is 2.14. The zero-order valence-corrected chi connectivity index (χ0v) is 34.5. The topological polar surface area (TPSA) is 229 Å². The fraction of sp³-hybridized carbons (Fsp3) is 0.923. The fourth-order valence-corrected chi connectivity index (χ4v) is 5.67. The van der Waals surface area contributed by atoms with Crippen LogP contribution in [-0.4, -0.2) is 204 Å². The Morgan fingerprint density at radius 2 is 0.966 bits per heavy atom. The van der Waals surface area contributed by atoms with Crippen molar-refractivity contribution >= 4 is 18.2 Å². The Morgan fingerprint density at radius 1 is 0.552 bits per heavy atom. The van der Waals surface area contributed by atoms with Gasteiger partial charge in [0.15, 0.2) is 0 Å². The molecule has 2 rings (SSSR count). The molecule has 0 bridgehead atoms. The van der Waals surface area contributed by atoms with Crippen molar-refractivity contribution in [2.75, 3.05) is 145 Å². The van der Waals surface area contributed by atoms with E-state index in [0.717, 1.165) is 19.3 Å². The molecule has 0 radical (unpaired) electrons. The molecule has 2 fully saturated rings. The molecule has 0 aromatic carbocycles. The molecule has 0 aromatic rings. The van der Waals surface area contributed by atoms with Gasteiger partial charge in [-0.2, -0.15) is 0 Å². The number of ether oxygens (including phenoxy) is 11. The van der Waals surface area contributed by atoms with E-state index in [1.807, 2.05) is 0 Å². The minimum Gasteiger partial charge on any atom is -0.393 e. The first-order valence-corrected chi connectivity index (χ1v) is 21.0. The first-order chi connectivity index (χ1) is 28.5. The molecule has 2 saturated heterocycles. The molecule has 2 aliphatic rings. The van der Waals surface area contributed by atoms with Gasteiger partial charge in [-0.3, -0.25) is 14.4 Å². The third-order valence-electron chi connectivity index (χ3n) is 8.88. The van der Waals surface area contributed by atoms with Crippen LogP contribution >= 0.6 is 0 Å². The number of rotatable bonds is 40. The molecular weight excluding hydrogens is 766 g/mol. The van der Waals surface area contributed by atoms with Crippen LogP contribution in [0.25, 0.3) is 0 Å². The van der Waals surface area contributed by atoms with Crippen molar-refractivity contribution in [3.05, 3.63) is 0 Å². The van der Waals surface area contributed by atoms with Gasteiger partial charge in [0, 0.05) is 65.2 Å². The number of nitrogens with one attached hydrogen (secondary N) is 3. The zero-order chi connectivity index (χ0) is 41.6. The minimum absolute atomic E-state index is 0.0330. The van der Waals surface area contributed by atoms with Crippen LogP contribution < -0.4 is 16.0 Å². The first-order valence-electron chi connectivity index (χ1n) is 21.0. The van der Waals surface area contributed by atoms with Crippen LogP contribution in [0.1, 0.15) is 57.8 Å². The number of unbranched alkanes of at least 4 members (excludes halogenated alkanes) is 2. The lowest BCUT2D eigenvalue weighted by molar-refractivity contribution is -0.123. The van der Waals surface area contributed by atoms with Crippen molar-refractivity contribution in [3.63, 3.8) is 0 Å². The lowest BCUT2D eigenvalue weighted by Crippen LogP contribution is -2.37. The highest BCUT2D eigenvalue weighted by Gasteiger charge is 2.21. The van der Waals surface area contributed by atoms with E-state index >= 15 is 0 Å². The molecule has 5 N–H and O–H groups in total. The van der Waals surface area contributed by atoms with E-state index in [0.29, 0.717) is 151 Å². The molecule has 3 amide bonds. The second-order valence-electron chi connectivity index (χ2n) is 13.9. The van der Waals surface area contributed by atoms with Gasteiger partial charge >= 0.3 is 0 Å². The van der Waals surface area contributed by atoms with Gasteiger partial charge in [-0.15, -0.1) is 0 Å². The molecule has 19 heteroatoms. The van der Waals surface area contributed by atoms with Gasteiger partial charge in [0.2, 0.25) is 18.2 Å². The smallest absolute Gasteiger partial charge is 0.222 e. The number of hydrogen-bond acceptors (Lipinski definition) is 16. The number of aliphatic hydroxyl groups excluding tert-OH is 2. The van der Waals surface area contributed by atoms with E-state index < -0.39 is 6.04 Å². The van der Waals surface area contributed by atoms with E-state index in [9.17, 15) is 24.6 Å². The third kappa shape index (κ3) is 31.8. The Balaban J connectivity index is 1.27. The molecule has 2 heterocycles. The van der Waals surface area contributed by atoms with E-state index in [4.69, 9.17) is 52.1 Å². The Morgan fingerprint density at radius 3 is 1.41 bits per heavy atom. The van der Waals surface area contributed by atoms with Gasteiger partial charge in [0.05, 0.1) is 136 Å². The van der Waals surface area contributed by atoms with Gasteiger partial charge in [0.25, 0.3) is 0 Å². The normalized spacial score (nSPS) is 20.1. The highest BCUT2D eigenvalue weighted by atomic mass is 16.6. The summed E-state index contributed by atoms with van der Waals surface area (Å²) in [5, 5.41) is 27.5. The van der Waals surface area contributed by atoms with Crippen molar-refractivity contribution in [3.8, 4) is 0 Å². The minimum atomic E-state index is -0.417. The van der Waals surface area contributed by atoms with Crippen molar-refractivity contribution in [2.24, 2.45) is 0 Å². The number of hydrogen-bond donors (Lipinski definition) is 5. The van der Waals surface area contributed by atoms with Gasteiger partial charge in [-0.05, 0) is 32.1 Å². The molecular formula is C39H73N3O16. The Labute approximate surface area is 344 Å². The molecule has 5 atom stereocenters. The molecule has 19 nitrogen and oxygen atoms in total. The highest BCUT2D eigenvalue weighted by molar-refractivity contribution is 5.76. The van der Waals surface area contributed by atoms with Gasteiger partial charge in [0.1, 0.15) is 0 Å². The summed E-state index contributed by atoms with van der Waals surface area (Å²) < 4.78 is 60.8. The lowest BCUT2D eigenvalue weighted by Gasteiger charge is -2.26. The maximum Gasteiger partial charge on any atom is 0.222 e. The van der Waals surface area contributed by atoms with E-state index in [-0.39, 0.29) is 75.5 Å². The average molecular weight is 840 g/mol. The monoisotopic (exact) mass is 839 g/mol. The van der Waals surface area contributed by atoms with Crippen LogP contribution in [0.5, 0.6) is 0 Å². The molecule has 0 aliphatic carbocycles. The summed E-state index contributed by atoms with van der Waals surface area (Å²) in [6, 6.07) is -0.417. The van der Waals surface area contributed by atoms with E-state index in [2.05, 4.69) is 16.0 Å². The SMILES string of the molecule is O=CNC(COCCC(=O)NCCOCCCCCOCCOCC1CC(O)CCO1)COCCC(=O)NCCOCCOCCOCCOCC1CC(O)CCO1. The predicted octanol–water partition coefficient (Wildman–Crippen LogP) is -0.487. The van der Waals surface area contributed by atoms with E-state index in [1.54, 1.807) is 0 Å². The second-order valence-corrected chi connectivity index (χ2v) is 13.9. The summed E-state index contributed by atoms with van der Waals surface area (Å²) in [5.41, 5.74) is 0. The van der Waals surface area contributed by atoms with E-state index in [1.165, 1.54) is 0 Å². The van der Waals surface area contributed by atoms with Crippen molar-refractivity contribution in [2.45, 2.75) is 88.2 Å². The molecule has 0 aromatic heterocycles. The standard InChI is InChI=1S/C39H73N3O16/c43-32-42-33(28-53-12-6-38(46)40-8-16-48-10-2-1-3-11-49-22-24-55-30-36-26-34(44)4-14-57-36)29-54-13-7-39(47)41-9-17-50-18-19-51-20-21-52-23-25-56-31-37-27-35(45)5-15-58-37/h32-37,44-45H,1-31H2,(H,40,46)(H,41,47)(H,42,43). The molecule has 0 saturated carbocycles. The Hall–Kier alpha value is -2.11. The Bertz CT molecular complexity index is 919. The largest absolute Gasteiger partial charge is 0.393 e. The first kappa shape index (κ1) is 52.0. The summed E-state index contributed by atoms with van der Waals surface area (Å²) >= 11 is 0. The number of carbonyl (C=O) groups is 3. The fourth-order valence-electron chi connectivity index (χ4n) is 5.67. The van der Waals surface area contributed by atoms with Crippen LogP contribution in [0.3, 0.4) is 0 Å². The summed E-state index contributed by atoms with van der Waals surface area (Å²) in [5.74, 6) is -0.334. The Kier molecular flexibility index (Phi) is 34.0. The van der Waals surface area contributed by atoms with Crippen LogP contribution in [0.4, 0.5) is 0 Å². The zero-order valence-electron chi connectivity index (χ0n) is 34.5. The number of aliphatic hydroxyl groups is 2. The summed E-state index contributed by atoms with van der Waals surface area (Å²) in [6.07, 6.45) is 5.62.